The predicted octanol–water partition coefficient (Wildman–Crippen LogP) is -0.0191. The average Bonchev–Trinajstić information content (AvgIpc) is 3.10. The molecule has 0 saturated carbocycles. The summed E-state index contributed by atoms with van der Waals surface area (Å²) < 4.78 is 7.12. The number of nitrogens with two attached hydrogens (primary N) is 1. The minimum atomic E-state index is -0.301. The molecular weight excluding hydrogens is 324 g/mol. The van der Waals surface area contributed by atoms with Gasteiger partial charge in [0, 0.05) is 31.6 Å². The first-order valence-corrected chi connectivity index (χ1v) is 8.35. The van der Waals surface area contributed by atoms with Gasteiger partial charge in [-0.05, 0) is 6.92 Å². The van der Waals surface area contributed by atoms with E-state index in [0.29, 0.717) is 61.8 Å². The Hall–Kier alpha value is -2.75. The van der Waals surface area contributed by atoms with Gasteiger partial charge >= 0.3 is 0 Å². The third kappa shape index (κ3) is 2.78. The van der Waals surface area contributed by atoms with E-state index >= 15 is 0 Å². The van der Waals surface area contributed by atoms with Gasteiger partial charge in [-0.25, -0.2) is 9.67 Å². The number of hydrogen-bond acceptors (Lipinski definition) is 8. The number of fused-ring (bicyclic) bond motifs is 1. The number of carbonyl (C=O) groups is 1. The molecule has 132 valence electrons. The molecule has 0 aromatic carbocycles. The molecule has 25 heavy (non-hydrogen) atoms. The largest absolute Gasteiger partial charge is 0.383 e. The molecule has 10 heteroatoms. The van der Waals surface area contributed by atoms with E-state index in [2.05, 4.69) is 25.4 Å². The molecule has 0 unspecified atom stereocenters. The summed E-state index contributed by atoms with van der Waals surface area (Å²) in [7, 11) is 0. The van der Waals surface area contributed by atoms with E-state index in [9.17, 15) is 4.79 Å². The van der Waals surface area contributed by atoms with Crippen LogP contribution >= 0.6 is 0 Å². The van der Waals surface area contributed by atoms with Gasteiger partial charge in [-0.3, -0.25) is 4.79 Å². The molecular formula is C15H20N8O2. The Morgan fingerprint density at radius 2 is 2.16 bits per heavy atom. The number of amides is 1. The van der Waals surface area contributed by atoms with Crippen LogP contribution in [-0.2, 0) is 16.1 Å². The second kappa shape index (κ2) is 6.28. The Bertz CT molecular complexity index is 799. The molecule has 1 atom stereocenters. The molecule has 1 saturated heterocycles. The molecule has 2 aliphatic rings. The molecule has 2 aromatic rings. The predicted molar refractivity (Wildman–Crippen MR) is 90.3 cm³/mol. The summed E-state index contributed by atoms with van der Waals surface area (Å²) in [6, 6.07) is 0. The van der Waals surface area contributed by atoms with E-state index < -0.39 is 0 Å². The second-order valence-corrected chi connectivity index (χ2v) is 6.01. The highest BCUT2D eigenvalue weighted by atomic mass is 16.5. The summed E-state index contributed by atoms with van der Waals surface area (Å²) in [6.07, 6.45) is 1.74. The first kappa shape index (κ1) is 15.8. The van der Waals surface area contributed by atoms with Crippen molar-refractivity contribution in [3.63, 3.8) is 0 Å². The van der Waals surface area contributed by atoms with Gasteiger partial charge in [0.25, 0.3) is 0 Å². The van der Waals surface area contributed by atoms with E-state index in [0.717, 1.165) is 0 Å². The standard InChI is InChI=1S/C15H20N8O2/c1-2-23-14(17-8-18-23)9-7-10(24)19-13-11(9)12(16)20-15(21-13)22-3-5-25-6-4-22/h8-9H,2-7H2,1H3,(H3,16,19,20,21,24)/t9-/m1/s1. The third-order valence-electron chi connectivity index (χ3n) is 4.51. The average molecular weight is 344 g/mol. The quantitative estimate of drug-likeness (QED) is 0.796. The summed E-state index contributed by atoms with van der Waals surface area (Å²) in [5, 5.41) is 7.02. The first-order valence-electron chi connectivity index (χ1n) is 8.35. The van der Waals surface area contributed by atoms with Crippen molar-refractivity contribution in [1.29, 1.82) is 0 Å². The van der Waals surface area contributed by atoms with E-state index in [1.165, 1.54) is 6.33 Å². The number of ether oxygens (including phenoxy) is 1. The van der Waals surface area contributed by atoms with Crippen LogP contribution in [0.3, 0.4) is 0 Å². The molecule has 4 rings (SSSR count). The fraction of sp³-hybridized carbons (Fsp3) is 0.533. The minimum absolute atomic E-state index is 0.116. The molecule has 4 heterocycles. The lowest BCUT2D eigenvalue weighted by molar-refractivity contribution is -0.116. The third-order valence-corrected chi connectivity index (χ3v) is 4.51. The zero-order chi connectivity index (χ0) is 17.4. The van der Waals surface area contributed by atoms with Crippen molar-refractivity contribution in [2.24, 2.45) is 0 Å². The Morgan fingerprint density at radius 3 is 2.92 bits per heavy atom. The molecule has 2 aromatic heterocycles. The van der Waals surface area contributed by atoms with Crippen LogP contribution in [-0.4, -0.2) is 56.9 Å². The van der Waals surface area contributed by atoms with Gasteiger partial charge in [0.1, 0.15) is 23.8 Å². The van der Waals surface area contributed by atoms with Crippen molar-refractivity contribution in [3.05, 3.63) is 17.7 Å². The Labute approximate surface area is 144 Å². The van der Waals surface area contributed by atoms with E-state index in [1.807, 2.05) is 11.8 Å². The lowest BCUT2D eigenvalue weighted by Gasteiger charge is -2.30. The molecule has 0 radical (unpaired) electrons. The van der Waals surface area contributed by atoms with Crippen LogP contribution in [0.1, 0.15) is 30.7 Å². The molecule has 0 spiro atoms. The number of nitrogen functional groups attached to an aromatic ring is 1. The van der Waals surface area contributed by atoms with Gasteiger partial charge in [-0.1, -0.05) is 0 Å². The molecule has 0 aliphatic carbocycles. The molecule has 0 bridgehead atoms. The number of morpholine rings is 1. The van der Waals surface area contributed by atoms with Crippen molar-refractivity contribution in [2.75, 3.05) is 42.3 Å². The van der Waals surface area contributed by atoms with Gasteiger partial charge in [0.15, 0.2) is 0 Å². The molecule has 1 fully saturated rings. The monoisotopic (exact) mass is 344 g/mol. The van der Waals surface area contributed by atoms with Gasteiger partial charge in [-0.2, -0.15) is 15.1 Å². The van der Waals surface area contributed by atoms with Gasteiger partial charge in [-0.15, -0.1) is 0 Å². The van der Waals surface area contributed by atoms with Crippen molar-refractivity contribution in [3.8, 4) is 0 Å². The maximum atomic E-state index is 12.2. The normalized spacial score (nSPS) is 20.3. The zero-order valence-corrected chi connectivity index (χ0v) is 14.0. The van der Waals surface area contributed by atoms with Crippen LogP contribution in [0.5, 0.6) is 0 Å². The first-order chi connectivity index (χ1) is 12.2. The van der Waals surface area contributed by atoms with Gasteiger partial charge in [0.05, 0.1) is 19.1 Å². The summed E-state index contributed by atoms with van der Waals surface area (Å²) in [5.41, 5.74) is 6.97. The SMILES string of the molecule is CCn1ncnc1[C@@H]1CC(=O)Nc2nc(N3CCOCC3)nc(N)c21. The lowest BCUT2D eigenvalue weighted by Crippen LogP contribution is -2.38. The highest BCUT2D eigenvalue weighted by Crippen LogP contribution is 2.39. The molecule has 1 amide bonds. The van der Waals surface area contributed by atoms with E-state index in [1.54, 1.807) is 4.68 Å². The number of carbonyl (C=O) groups excluding carboxylic acids is 1. The number of anilines is 3. The minimum Gasteiger partial charge on any atom is -0.383 e. The van der Waals surface area contributed by atoms with Crippen molar-refractivity contribution in [2.45, 2.75) is 25.8 Å². The van der Waals surface area contributed by atoms with Crippen LogP contribution < -0.4 is 16.0 Å². The fourth-order valence-corrected chi connectivity index (χ4v) is 3.30. The number of hydrogen-bond donors (Lipinski definition) is 2. The maximum absolute atomic E-state index is 12.2. The highest BCUT2D eigenvalue weighted by molar-refractivity contribution is 5.95. The Morgan fingerprint density at radius 1 is 1.36 bits per heavy atom. The van der Waals surface area contributed by atoms with E-state index in [4.69, 9.17) is 10.5 Å². The zero-order valence-electron chi connectivity index (χ0n) is 14.0. The fourth-order valence-electron chi connectivity index (χ4n) is 3.30. The van der Waals surface area contributed by atoms with Crippen LogP contribution in [0.15, 0.2) is 6.33 Å². The summed E-state index contributed by atoms with van der Waals surface area (Å²) >= 11 is 0. The van der Waals surface area contributed by atoms with Crippen molar-refractivity contribution < 1.29 is 9.53 Å². The number of aryl methyl sites for hydroxylation is 1. The van der Waals surface area contributed by atoms with Gasteiger partial charge in [0.2, 0.25) is 11.9 Å². The highest BCUT2D eigenvalue weighted by Gasteiger charge is 2.34. The van der Waals surface area contributed by atoms with E-state index in [-0.39, 0.29) is 18.2 Å². The Balaban J connectivity index is 1.77. The van der Waals surface area contributed by atoms with Crippen LogP contribution in [0.2, 0.25) is 0 Å². The summed E-state index contributed by atoms with van der Waals surface area (Å²) in [5.74, 6) is 1.62. The smallest absolute Gasteiger partial charge is 0.229 e. The topological polar surface area (TPSA) is 124 Å². The van der Waals surface area contributed by atoms with Crippen LogP contribution in [0.25, 0.3) is 0 Å². The second-order valence-electron chi connectivity index (χ2n) is 6.01. The van der Waals surface area contributed by atoms with Crippen LogP contribution in [0, 0.1) is 0 Å². The van der Waals surface area contributed by atoms with Gasteiger partial charge < -0.3 is 20.7 Å². The maximum Gasteiger partial charge on any atom is 0.229 e. The number of aromatic nitrogens is 5. The summed E-state index contributed by atoms with van der Waals surface area (Å²) in [4.78, 5) is 27.6. The van der Waals surface area contributed by atoms with Crippen LogP contribution in [0.4, 0.5) is 17.6 Å². The summed E-state index contributed by atoms with van der Waals surface area (Å²) in [6.45, 7) is 5.27. The molecule has 2 aliphatic heterocycles. The number of rotatable bonds is 3. The molecule has 10 nitrogen and oxygen atoms in total. The lowest BCUT2D eigenvalue weighted by atomic mass is 9.92. The molecule has 3 N–H and O–H groups in total. The Kier molecular flexibility index (Phi) is 3.96. The number of nitrogens with zero attached hydrogens (tertiary/aromatic N) is 6. The number of nitrogens with one attached hydrogen (secondary N) is 1. The van der Waals surface area contributed by atoms with Crippen molar-refractivity contribution in [1.82, 2.24) is 24.7 Å². The van der Waals surface area contributed by atoms with Crippen molar-refractivity contribution >= 4 is 23.5 Å².